The molecule has 0 aromatic heterocycles. The average Bonchev–Trinajstić information content (AvgIpc) is 3.50. The number of aliphatic hydroxyl groups excluding tert-OH is 2. The molecule has 1 saturated heterocycles. The van der Waals surface area contributed by atoms with Gasteiger partial charge in [0.25, 0.3) is 0 Å². The van der Waals surface area contributed by atoms with Crippen LogP contribution in [0, 0.1) is 22.7 Å². The van der Waals surface area contributed by atoms with Gasteiger partial charge in [-0.05, 0) is 79.5 Å². The molecule has 7 nitrogen and oxygen atoms in total. The van der Waals surface area contributed by atoms with Crippen molar-refractivity contribution in [2.45, 2.75) is 75.5 Å². The van der Waals surface area contributed by atoms with Gasteiger partial charge < -0.3 is 25.4 Å². The number of carbonyl (C=O) groups excluding carboxylic acids is 2. The maximum absolute atomic E-state index is 17.5. The van der Waals surface area contributed by atoms with Crippen LogP contribution in [-0.2, 0) is 25.5 Å². The van der Waals surface area contributed by atoms with E-state index in [0.717, 1.165) is 17.2 Å². The number of benzene rings is 2. The first-order chi connectivity index (χ1) is 20.9. The Bertz CT molecular complexity index is 1590. The van der Waals surface area contributed by atoms with Gasteiger partial charge in [-0.2, -0.15) is 0 Å². The monoisotopic (exact) mass is 605 g/mol. The molecular formula is C35H37F2NO6. The molecule has 7 rings (SSSR count). The number of anilines is 1. The Labute approximate surface area is 254 Å². The summed E-state index contributed by atoms with van der Waals surface area (Å²) < 4.78 is 46.3. The number of hydrogen-bond donors (Lipinski definition) is 3. The van der Waals surface area contributed by atoms with Crippen LogP contribution in [0.25, 0.3) is 0 Å². The van der Waals surface area contributed by atoms with E-state index in [0.29, 0.717) is 17.7 Å². The number of aliphatic hydroxyl groups is 2. The van der Waals surface area contributed by atoms with Crippen LogP contribution in [0.3, 0.4) is 0 Å². The van der Waals surface area contributed by atoms with Crippen molar-refractivity contribution in [3.8, 4) is 0 Å². The van der Waals surface area contributed by atoms with Crippen LogP contribution in [0.5, 0.6) is 0 Å². The van der Waals surface area contributed by atoms with Crippen molar-refractivity contribution in [2.24, 2.45) is 22.7 Å². The largest absolute Gasteiger partial charge is 0.399 e. The van der Waals surface area contributed by atoms with E-state index >= 15 is 8.78 Å². The molecule has 0 bridgehead atoms. The summed E-state index contributed by atoms with van der Waals surface area (Å²) >= 11 is 0. The molecule has 4 fully saturated rings. The Balaban J connectivity index is 1.21. The molecule has 9 heteroatoms. The van der Waals surface area contributed by atoms with Crippen molar-refractivity contribution in [1.82, 2.24) is 0 Å². The van der Waals surface area contributed by atoms with E-state index in [2.05, 4.69) is 0 Å². The molecule has 1 aliphatic heterocycles. The van der Waals surface area contributed by atoms with Gasteiger partial charge in [-0.25, -0.2) is 8.78 Å². The number of ether oxygens (including phenoxy) is 2. The zero-order valence-electron chi connectivity index (χ0n) is 24.7. The molecule has 10 atom stereocenters. The summed E-state index contributed by atoms with van der Waals surface area (Å²) in [5.41, 5.74) is 3.06. The van der Waals surface area contributed by atoms with Crippen LogP contribution in [0.4, 0.5) is 14.5 Å². The van der Waals surface area contributed by atoms with Gasteiger partial charge >= 0.3 is 0 Å². The van der Waals surface area contributed by atoms with Crippen molar-refractivity contribution in [2.75, 3.05) is 12.3 Å². The summed E-state index contributed by atoms with van der Waals surface area (Å²) in [7, 11) is 0. The number of halogens is 2. The molecule has 4 N–H and O–H groups in total. The number of rotatable bonds is 5. The van der Waals surface area contributed by atoms with Crippen molar-refractivity contribution in [3.63, 3.8) is 0 Å². The van der Waals surface area contributed by atoms with E-state index in [4.69, 9.17) is 15.2 Å². The smallest absolute Gasteiger partial charge is 0.192 e. The van der Waals surface area contributed by atoms with Crippen molar-refractivity contribution < 1.29 is 38.1 Å². The Morgan fingerprint density at radius 2 is 1.84 bits per heavy atom. The summed E-state index contributed by atoms with van der Waals surface area (Å²) in [5, 5.41) is 21.7. The van der Waals surface area contributed by atoms with E-state index in [1.54, 1.807) is 0 Å². The molecular weight excluding hydrogens is 568 g/mol. The molecule has 0 spiro atoms. The molecule has 2 aromatic rings. The predicted molar refractivity (Wildman–Crippen MR) is 158 cm³/mol. The van der Waals surface area contributed by atoms with Crippen LogP contribution in [0.2, 0.25) is 0 Å². The molecule has 2 aromatic carbocycles. The summed E-state index contributed by atoms with van der Waals surface area (Å²) in [6, 6.07) is 15.3. The second kappa shape index (κ2) is 9.88. The Morgan fingerprint density at radius 1 is 1.09 bits per heavy atom. The zero-order valence-corrected chi connectivity index (χ0v) is 24.7. The fourth-order valence-corrected chi connectivity index (χ4v) is 9.29. The SMILES string of the molecule is C[C@]12C[C@H](O)[C@@]3(F)[C@@H](C[C@H](F)C4=CC(=O)C=C[C@@]43C)[C@@H]1C[C@@]1(C(=O)CO)O[C@H](c3ccc(Cc4cccc(N)c4)cc3)O[C@@H]21. The standard InChI is InChI=1S/C35H37F2NO6/c1-32-17-28(41)35(37)24(15-27(36)25-14-23(40)10-11-33(25,35)2)26(32)16-34(29(42)18-39)31(32)43-30(44-34)21-8-6-19(7-9-21)12-20-4-3-5-22(38)13-20/h3-11,13-14,24,26-28,30-31,39,41H,12,15-18,38H2,1-2H3/t24-,26-,27-,28-,30+,31-,32-,33-,34-,35-/m0/s1. The van der Waals surface area contributed by atoms with Crippen LogP contribution in [0.15, 0.2) is 72.3 Å². The summed E-state index contributed by atoms with van der Waals surface area (Å²) in [6.07, 6.45) is -0.791. The first kappa shape index (κ1) is 29.5. The number of Topliss-reactive ketones (excluding diaryl/α,β-unsaturated/α-hetero) is 1. The maximum Gasteiger partial charge on any atom is 0.192 e. The number of hydrogen-bond acceptors (Lipinski definition) is 7. The number of allylic oxidation sites excluding steroid dienone is 4. The van der Waals surface area contributed by atoms with Crippen molar-refractivity contribution >= 4 is 17.3 Å². The number of ketones is 2. The van der Waals surface area contributed by atoms with Crippen LogP contribution in [-0.4, -0.2) is 58.0 Å². The Kier molecular flexibility index (Phi) is 6.62. The molecule has 0 radical (unpaired) electrons. The second-order valence-electron chi connectivity index (χ2n) is 13.8. The highest BCUT2D eigenvalue weighted by atomic mass is 19.1. The normalized spacial score (nSPS) is 42.2. The fraction of sp³-hybridized carbons (Fsp3) is 0.486. The lowest BCUT2D eigenvalue weighted by Gasteiger charge is -2.62. The third-order valence-electron chi connectivity index (χ3n) is 11.4. The molecule has 4 aliphatic carbocycles. The maximum atomic E-state index is 17.5. The minimum absolute atomic E-state index is 0.0190. The predicted octanol–water partition coefficient (Wildman–Crippen LogP) is 4.50. The summed E-state index contributed by atoms with van der Waals surface area (Å²) in [4.78, 5) is 25.6. The van der Waals surface area contributed by atoms with Crippen LogP contribution in [0.1, 0.15) is 56.1 Å². The fourth-order valence-electron chi connectivity index (χ4n) is 9.29. The Morgan fingerprint density at radius 3 is 2.55 bits per heavy atom. The second-order valence-corrected chi connectivity index (χ2v) is 13.8. The Hall–Kier alpha value is -3.24. The number of fused-ring (bicyclic) bond motifs is 7. The van der Waals surface area contributed by atoms with E-state index in [9.17, 15) is 19.8 Å². The third kappa shape index (κ3) is 3.92. The van der Waals surface area contributed by atoms with E-state index in [1.807, 2.05) is 55.5 Å². The van der Waals surface area contributed by atoms with Gasteiger partial charge in [0.1, 0.15) is 18.9 Å². The van der Waals surface area contributed by atoms with Crippen molar-refractivity contribution in [3.05, 3.63) is 89.0 Å². The van der Waals surface area contributed by atoms with Crippen LogP contribution < -0.4 is 5.73 Å². The number of nitrogen functional groups attached to an aromatic ring is 1. The average molecular weight is 606 g/mol. The zero-order chi connectivity index (χ0) is 31.2. The third-order valence-corrected chi connectivity index (χ3v) is 11.4. The molecule has 0 unspecified atom stereocenters. The van der Waals surface area contributed by atoms with Gasteiger partial charge in [0.05, 0.1) is 6.10 Å². The topological polar surface area (TPSA) is 119 Å². The van der Waals surface area contributed by atoms with Gasteiger partial charge in [-0.3, -0.25) is 9.59 Å². The molecule has 3 saturated carbocycles. The number of carbonyl (C=O) groups is 2. The van der Waals surface area contributed by atoms with E-state index in [-0.39, 0.29) is 24.8 Å². The lowest BCUT2D eigenvalue weighted by Crippen LogP contribution is -2.68. The first-order valence-corrected chi connectivity index (χ1v) is 15.2. The van der Waals surface area contributed by atoms with Gasteiger partial charge in [-0.1, -0.05) is 49.4 Å². The highest BCUT2D eigenvalue weighted by Gasteiger charge is 2.78. The highest BCUT2D eigenvalue weighted by Crippen LogP contribution is 2.71. The highest BCUT2D eigenvalue weighted by molar-refractivity contribution is 6.01. The summed E-state index contributed by atoms with van der Waals surface area (Å²) in [6.45, 7) is 2.58. The summed E-state index contributed by atoms with van der Waals surface area (Å²) in [5.74, 6) is -2.58. The number of alkyl halides is 2. The van der Waals surface area contributed by atoms with Gasteiger partial charge in [0.2, 0.25) is 0 Å². The minimum Gasteiger partial charge on any atom is -0.399 e. The lowest BCUT2D eigenvalue weighted by molar-refractivity contribution is -0.217. The first-order valence-electron chi connectivity index (χ1n) is 15.2. The van der Waals surface area contributed by atoms with Gasteiger partial charge in [0.15, 0.2) is 29.1 Å². The number of nitrogens with two attached hydrogens (primary N) is 1. The quantitative estimate of drug-likeness (QED) is 0.430. The van der Waals surface area contributed by atoms with Gasteiger partial charge in [-0.15, -0.1) is 0 Å². The molecule has 44 heavy (non-hydrogen) atoms. The van der Waals surface area contributed by atoms with Crippen molar-refractivity contribution in [1.29, 1.82) is 0 Å². The molecule has 1 heterocycles. The van der Waals surface area contributed by atoms with E-state index < -0.39 is 76.8 Å². The minimum atomic E-state index is -2.29. The molecule has 5 aliphatic rings. The van der Waals surface area contributed by atoms with Gasteiger partial charge in [0, 0.05) is 28.0 Å². The molecule has 232 valence electrons. The molecule has 0 amide bonds. The van der Waals surface area contributed by atoms with Crippen LogP contribution >= 0.6 is 0 Å². The lowest BCUT2D eigenvalue weighted by atomic mass is 9.45. The van der Waals surface area contributed by atoms with E-state index in [1.165, 1.54) is 19.1 Å².